The first-order valence-corrected chi connectivity index (χ1v) is 12.2. The molecule has 184 valence electrons. The zero-order valence-electron chi connectivity index (χ0n) is 20.4. The van der Waals surface area contributed by atoms with Crippen LogP contribution in [-0.4, -0.2) is 28.1 Å². The second-order valence-corrected chi connectivity index (χ2v) is 8.72. The number of rotatable bonds is 14. The fourth-order valence-corrected chi connectivity index (χ4v) is 4.29. The number of aromatic carboxylic acids is 2. The zero-order valence-corrected chi connectivity index (χ0v) is 20.4. The van der Waals surface area contributed by atoms with Gasteiger partial charge in [-0.15, -0.1) is 0 Å². The topological polar surface area (TPSA) is 101 Å². The average molecular weight is 469 g/mol. The molecule has 0 aliphatic rings. The Balaban J connectivity index is 2.60. The van der Waals surface area contributed by atoms with Crippen molar-refractivity contribution in [1.82, 2.24) is 0 Å². The van der Waals surface area contributed by atoms with Crippen molar-refractivity contribution < 1.29 is 29.3 Å². The van der Waals surface area contributed by atoms with Gasteiger partial charge in [0.05, 0.1) is 16.7 Å². The highest BCUT2D eigenvalue weighted by Crippen LogP contribution is 2.40. The van der Waals surface area contributed by atoms with Gasteiger partial charge < -0.3 is 14.9 Å². The Kier molecular flexibility index (Phi) is 10.3. The number of ether oxygens (including phenoxy) is 1. The zero-order chi connectivity index (χ0) is 25.1. The second kappa shape index (κ2) is 12.9. The summed E-state index contributed by atoms with van der Waals surface area (Å²) in [5.74, 6) is -3.37. The molecule has 0 bridgehead atoms. The van der Waals surface area contributed by atoms with E-state index in [9.17, 15) is 24.6 Å². The lowest BCUT2D eigenvalue weighted by molar-refractivity contribution is -0.0342. The summed E-state index contributed by atoms with van der Waals surface area (Å²) in [5.41, 5.74) is 0.545. The van der Waals surface area contributed by atoms with Gasteiger partial charge >= 0.3 is 17.9 Å². The largest absolute Gasteiger partial charge is 0.478 e. The van der Waals surface area contributed by atoms with Crippen LogP contribution in [-0.2, 0) is 16.8 Å². The average Bonchev–Trinajstić information content (AvgIpc) is 2.84. The maximum Gasteiger partial charge on any atom is 0.339 e. The molecule has 34 heavy (non-hydrogen) atoms. The minimum absolute atomic E-state index is 0.138. The van der Waals surface area contributed by atoms with Gasteiger partial charge in [0.15, 0.2) is 0 Å². The minimum atomic E-state index is -1.37. The van der Waals surface area contributed by atoms with Crippen LogP contribution in [0.1, 0.15) is 114 Å². The third kappa shape index (κ3) is 6.69. The van der Waals surface area contributed by atoms with Gasteiger partial charge in [0.25, 0.3) is 0 Å². The van der Waals surface area contributed by atoms with Gasteiger partial charge in [-0.05, 0) is 67.9 Å². The number of hydrogen-bond donors (Lipinski definition) is 2. The van der Waals surface area contributed by atoms with Gasteiger partial charge in [-0.2, -0.15) is 0 Å². The fraction of sp³-hybridized carbons (Fsp3) is 0.464. The van der Waals surface area contributed by atoms with Crippen molar-refractivity contribution in [2.45, 2.75) is 84.2 Å². The third-order valence-corrected chi connectivity index (χ3v) is 6.18. The van der Waals surface area contributed by atoms with Crippen molar-refractivity contribution in [3.05, 3.63) is 70.3 Å². The van der Waals surface area contributed by atoms with E-state index in [2.05, 4.69) is 26.8 Å². The van der Waals surface area contributed by atoms with Crippen molar-refractivity contribution in [2.75, 3.05) is 0 Å². The minimum Gasteiger partial charge on any atom is -0.478 e. The molecule has 0 heterocycles. The van der Waals surface area contributed by atoms with E-state index >= 15 is 0 Å². The molecule has 0 amide bonds. The van der Waals surface area contributed by atoms with E-state index < -0.39 is 23.5 Å². The molecule has 6 nitrogen and oxygen atoms in total. The number of hydrogen-bond acceptors (Lipinski definition) is 4. The van der Waals surface area contributed by atoms with Crippen LogP contribution in [0.4, 0.5) is 0 Å². The monoisotopic (exact) mass is 468 g/mol. The molecule has 0 radical (unpaired) electrons. The summed E-state index contributed by atoms with van der Waals surface area (Å²) in [6.07, 6.45) is 7.75. The SMILES string of the molecule is CCCCc1ccccc1C(CCCC)(CCCC)OC(=O)c1ccc(C(=O)O)cc1C(=O)O. The van der Waals surface area contributed by atoms with Crippen LogP contribution in [0.25, 0.3) is 0 Å². The Morgan fingerprint density at radius 1 is 0.794 bits per heavy atom. The van der Waals surface area contributed by atoms with E-state index in [1.807, 2.05) is 18.2 Å². The van der Waals surface area contributed by atoms with Gasteiger partial charge in [0, 0.05) is 0 Å². The van der Waals surface area contributed by atoms with E-state index in [1.54, 1.807) is 0 Å². The van der Waals surface area contributed by atoms with E-state index in [4.69, 9.17) is 4.74 Å². The third-order valence-electron chi connectivity index (χ3n) is 6.18. The van der Waals surface area contributed by atoms with Crippen LogP contribution < -0.4 is 0 Å². The maximum absolute atomic E-state index is 13.5. The number of benzene rings is 2. The molecular weight excluding hydrogens is 432 g/mol. The molecule has 0 fully saturated rings. The van der Waals surface area contributed by atoms with Crippen LogP contribution in [0, 0.1) is 0 Å². The summed E-state index contributed by atoms with van der Waals surface area (Å²) in [4.78, 5) is 36.6. The van der Waals surface area contributed by atoms with Crippen LogP contribution in [0.2, 0.25) is 0 Å². The first kappa shape index (κ1) is 27.1. The Labute approximate surface area is 202 Å². The van der Waals surface area contributed by atoms with Gasteiger partial charge in [-0.3, -0.25) is 0 Å². The van der Waals surface area contributed by atoms with E-state index in [1.165, 1.54) is 12.1 Å². The number of carboxylic acid groups (broad SMARTS) is 2. The van der Waals surface area contributed by atoms with Gasteiger partial charge in [0.1, 0.15) is 5.60 Å². The normalized spacial score (nSPS) is 11.3. The summed E-state index contributed by atoms with van der Waals surface area (Å²) in [6, 6.07) is 11.5. The molecule has 0 aromatic heterocycles. The summed E-state index contributed by atoms with van der Waals surface area (Å²) in [6.45, 7) is 6.31. The predicted molar refractivity (Wildman–Crippen MR) is 132 cm³/mol. The maximum atomic E-state index is 13.5. The molecule has 0 aliphatic heterocycles. The molecule has 0 atom stereocenters. The molecule has 0 spiro atoms. The molecule has 0 saturated carbocycles. The van der Waals surface area contributed by atoms with E-state index in [-0.39, 0.29) is 16.7 Å². The van der Waals surface area contributed by atoms with Gasteiger partial charge in [-0.1, -0.05) is 64.3 Å². The highest BCUT2D eigenvalue weighted by Gasteiger charge is 2.38. The standard InChI is InChI=1S/C28H36O6/c1-4-7-12-20-13-10-11-14-24(20)28(17-8-5-2,18-9-6-3)34-27(33)22-16-15-21(25(29)30)19-23(22)26(31)32/h10-11,13-16,19H,4-9,12,17-18H2,1-3H3,(H,29,30)(H,31,32). The summed E-state index contributed by atoms with van der Waals surface area (Å²) in [5, 5.41) is 18.9. The Morgan fingerprint density at radius 2 is 1.41 bits per heavy atom. The molecule has 2 rings (SSSR count). The molecule has 0 unspecified atom stereocenters. The molecule has 0 aliphatic carbocycles. The lowest BCUT2D eigenvalue weighted by Crippen LogP contribution is -2.34. The Hall–Kier alpha value is -3.15. The lowest BCUT2D eigenvalue weighted by atomic mass is 9.80. The van der Waals surface area contributed by atoms with Crippen molar-refractivity contribution in [2.24, 2.45) is 0 Å². The van der Waals surface area contributed by atoms with Gasteiger partial charge in [0.2, 0.25) is 0 Å². The summed E-state index contributed by atoms with van der Waals surface area (Å²) < 4.78 is 6.28. The molecular formula is C28H36O6. The van der Waals surface area contributed by atoms with Crippen molar-refractivity contribution in [3.63, 3.8) is 0 Å². The number of unbranched alkanes of at least 4 members (excludes halogenated alkanes) is 3. The number of carboxylic acids is 2. The second-order valence-electron chi connectivity index (χ2n) is 8.72. The Morgan fingerprint density at radius 3 is 1.97 bits per heavy atom. The van der Waals surface area contributed by atoms with Crippen LogP contribution in [0.5, 0.6) is 0 Å². The summed E-state index contributed by atoms with van der Waals surface area (Å²) >= 11 is 0. The first-order valence-electron chi connectivity index (χ1n) is 12.2. The highest BCUT2D eigenvalue weighted by atomic mass is 16.6. The molecule has 2 aromatic carbocycles. The van der Waals surface area contributed by atoms with E-state index in [0.717, 1.165) is 62.1 Å². The molecule has 2 N–H and O–H groups in total. The highest BCUT2D eigenvalue weighted by molar-refractivity contribution is 6.04. The quantitative estimate of drug-likeness (QED) is 0.294. The number of carbonyl (C=O) groups excluding carboxylic acids is 1. The first-order chi connectivity index (χ1) is 16.3. The lowest BCUT2D eigenvalue weighted by Gasteiger charge is -2.36. The molecule has 2 aromatic rings. The number of carbonyl (C=O) groups is 3. The number of esters is 1. The van der Waals surface area contributed by atoms with Crippen LogP contribution >= 0.6 is 0 Å². The molecule has 0 saturated heterocycles. The van der Waals surface area contributed by atoms with Crippen molar-refractivity contribution in [3.8, 4) is 0 Å². The Bertz CT molecular complexity index is 986. The van der Waals surface area contributed by atoms with Crippen LogP contribution in [0.3, 0.4) is 0 Å². The van der Waals surface area contributed by atoms with Crippen molar-refractivity contribution in [1.29, 1.82) is 0 Å². The van der Waals surface area contributed by atoms with E-state index in [0.29, 0.717) is 12.8 Å². The number of aryl methyl sites for hydroxylation is 1. The smallest absolute Gasteiger partial charge is 0.339 e. The molecule has 6 heteroatoms. The predicted octanol–water partition coefficient (Wildman–Crippen LogP) is 6.86. The van der Waals surface area contributed by atoms with Crippen LogP contribution in [0.15, 0.2) is 42.5 Å². The van der Waals surface area contributed by atoms with Gasteiger partial charge in [-0.25, -0.2) is 14.4 Å². The summed E-state index contributed by atoms with van der Waals surface area (Å²) in [7, 11) is 0. The van der Waals surface area contributed by atoms with Crippen molar-refractivity contribution >= 4 is 17.9 Å². The fourth-order valence-electron chi connectivity index (χ4n) is 4.29.